The van der Waals surface area contributed by atoms with Crippen molar-refractivity contribution in [3.8, 4) is 5.75 Å². The monoisotopic (exact) mass is 534 g/mol. The van der Waals surface area contributed by atoms with Crippen molar-refractivity contribution in [2.24, 2.45) is 0 Å². The molecule has 1 heterocycles. The number of allylic oxidation sites excluding steroid dienone is 1. The third-order valence-corrected chi connectivity index (χ3v) is 7.04. The van der Waals surface area contributed by atoms with Crippen molar-refractivity contribution in [2.75, 3.05) is 5.32 Å². The summed E-state index contributed by atoms with van der Waals surface area (Å²) in [5.41, 5.74) is 5.10. The van der Waals surface area contributed by atoms with Gasteiger partial charge in [-0.1, -0.05) is 67.2 Å². The first kappa shape index (κ1) is 24.2. The standard InChI is InChI=1S/C28H27BrN2O2S/c1-3-8-22-15-21(16-24(29)26(22)33-18-20-9-6-5-7-10-20)17-25-27(32)31-28(34-25)30-23-13-11-19(4-2)12-14-23/h3,5-7,9-17,28,30H,1,4,8,18H2,2H3,(H,31,32)/b25-17-/t28-/m0/s1. The van der Waals surface area contributed by atoms with E-state index in [0.29, 0.717) is 17.9 Å². The number of hydrogen-bond acceptors (Lipinski definition) is 4. The molecule has 1 aliphatic rings. The highest BCUT2D eigenvalue weighted by molar-refractivity contribution is 9.10. The van der Waals surface area contributed by atoms with Crippen molar-refractivity contribution in [1.82, 2.24) is 5.32 Å². The maximum absolute atomic E-state index is 12.6. The maximum atomic E-state index is 12.6. The largest absolute Gasteiger partial charge is 0.487 e. The Morgan fingerprint density at radius 2 is 1.88 bits per heavy atom. The summed E-state index contributed by atoms with van der Waals surface area (Å²) in [6, 6.07) is 22.4. The fourth-order valence-electron chi connectivity index (χ4n) is 3.66. The molecule has 1 saturated heterocycles. The first-order chi connectivity index (χ1) is 16.6. The highest BCUT2D eigenvalue weighted by Crippen LogP contribution is 2.35. The van der Waals surface area contributed by atoms with Crippen LogP contribution in [0.5, 0.6) is 5.75 Å². The zero-order valence-electron chi connectivity index (χ0n) is 19.0. The van der Waals surface area contributed by atoms with E-state index in [4.69, 9.17) is 4.74 Å². The maximum Gasteiger partial charge on any atom is 0.260 e. The van der Waals surface area contributed by atoms with Gasteiger partial charge in [0.25, 0.3) is 5.91 Å². The topological polar surface area (TPSA) is 50.4 Å². The molecule has 0 spiro atoms. The normalized spacial score (nSPS) is 16.4. The van der Waals surface area contributed by atoms with Crippen LogP contribution >= 0.6 is 27.7 Å². The Bertz CT molecular complexity index is 1190. The molecule has 0 radical (unpaired) electrons. The Labute approximate surface area is 213 Å². The summed E-state index contributed by atoms with van der Waals surface area (Å²) in [4.78, 5) is 13.3. The van der Waals surface area contributed by atoms with Gasteiger partial charge in [0.2, 0.25) is 0 Å². The van der Waals surface area contributed by atoms with Crippen LogP contribution in [-0.2, 0) is 24.2 Å². The minimum atomic E-state index is -0.212. The second-order valence-electron chi connectivity index (χ2n) is 7.93. The minimum absolute atomic E-state index is 0.0847. The quantitative estimate of drug-likeness (QED) is 0.231. The van der Waals surface area contributed by atoms with Crippen LogP contribution in [0.25, 0.3) is 6.08 Å². The number of benzene rings is 3. The molecule has 3 aromatic rings. The Morgan fingerprint density at radius 1 is 1.12 bits per heavy atom. The Kier molecular flexibility index (Phi) is 8.14. The van der Waals surface area contributed by atoms with Crippen LogP contribution in [0.4, 0.5) is 5.69 Å². The second kappa shape index (κ2) is 11.4. The van der Waals surface area contributed by atoms with Gasteiger partial charge >= 0.3 is 0 Å². The lowest BCUT2D eigenvalue weighted by Gasteiger charge is -2.14. The third-order valence-electron chi connectivity index (χ3n) is 5.42. The van der Waals surface area contributed by atoms with Crippen LogP contribution in [0.2, 0.25) is 0 Å². The molecular formula is C28H27BrN2O2S. The predicted octanol–water partition coefficient (Wildman–Crippen LogP) is 6.92. The highest BCUT2D eigenvalue weighted by Gasteiger charge is 2.27. The number of carbonyl (C=O) groups is 1. The number of aryl methyl sites for hydroxylation is 1. The number of ether oxygens (including phenoxy) is 1. The molecule has 1 amide bonds. The zero-order valence-corrected chi connectivity index (χ0v) is 21.4. The smallest absolute Gasteiger partial charge is 0.260 e. The van der Waals surface area contributed by atoms with Crippen LogP contribution in [0.15, 0.2) is 88.8 Å². The summed E-state index contributed by atoms with van der Waals surface area (Å²) in [6.07, 6.45) is 5.44. The van der Waals surface area contributed by atoms with Crippen LogP contribution in [-0.4, -0.2) is 11.4 Å². The van der Waals surface area contributed by atoms with Crippen molar-refractivity contribution in [3.63, 3.8) is 0 Å². The van der Waals surface area contributed by atoms with Gasteiger partial charge in [-0.05, 0) is 81.4 Å². The number of halogens is 1. The van der Waals surface area contributed by atoms with Gasteiger partial charge in [-0.2, -0.15) is 0 Å². The molecule has 4 rings (SSSR count). The fraction of sp³-hybridized carbons (Fsp3) is 0.179. The van der Waals surface area contributed by atoms with E-state index in [0.717, 1.165) is 39.0 Å². The summed E-state index contributed by atoms with van der Waals surface area (Å²) in [5, 5.41) is 6.37. The number of carbonyl (C=O) groups excluding carboxylic acids is 1. The van der Waals surface area contributed by atoms with Crippen LogP contribution in [0, 0.1) is 0 Å². The molecule has 1 aliphatic heterocycles. The number of anilines is 1. The van der Waals surface area contributed by atoms with E-state index >= 15 is 0 Å². The number of nitrogens with one attached hydrogen (secondary N) is 2. The fourth-order valence-corrected chi connectivity index (χ4v) is 5.28. The lowest BCUT2D eigenvalue weighted by Crippen LogP contribution is -2.30. The number of rotatable bonds is 9. The van der Waals surface area contributed by atoms with Gasteiger partial charge in [-0.3, -0.25) is 4.79 Å². The van der Waals surface area contributed by atoms with Crippen LogP contribution in [0.1, 0.15) is 29.2 Å². The molecule has 0 unspecified atom stereocenters. The Balaban J connectivity index is 1.49. The van der Waals surface area contributed by atoms with E-state index in [1.54, 1.807) is 0 Å². The molecule has 4 nitrogen and oxygen atoms in total. The van der Waals surface area contributed by atoms with E-state index in [-0.39, 0.29) is 11.4 Å². The Hall–Kier alpha value is -2.96. The van der Waals surface area contributed by atoms with Crippen LogP contribution < -0.4 is 15.4 Å². The van der Waals surface area contributed by atoms with Crippen molar-refractivity contribution in [1.29, 1.82) is 0 Å². The molecule has 1 atom stereocenters. The summed E-state index contributed by atoms with van der Waals surface area (Å²) in [6.45, 7) is 6.50. The van der Waals surface area contributed by atoms with E-state index < -0.39 is 0 Å². The average Bonchev–Trinajstić information content (AvgIpc) is 3.18. The lowest BCUT2D eigenvalue weighted by molar-refractivity contribution is -0.116. The van der Waals surface area contributed by atoms with Crippen molar-refractivity contribution in [2.45, 2.75) is 31.9 Å². The molecule has 34 heavy (non-hydrogen) atoms. The molecule has 2 N–H and O–H groups in total. The van der Waals surface area contributed by atoms with Gasteiger partial charge in [0.15, 0.2) is 5.50 Å². The summed E-state index contributed by atoms with van der Waals surface area (Å²) < 4.78 is 6.99. The molecule has 0 saturated carbocycles. The van der Waals surface area contributed by atoms with Crippen molar-refractivity contribution in [3.05, 3.63) is 111 Å². The zero-order chi connectivity index (χ0) is 23.9. The van der Waals surface area contributed by atoms with Gasteiger partial charge in [0.1, 0.15) is 12.4 Å². The molecule has 6 heteroatoms. The summed E-state index contributed by atoms with van der Waals surface area (Å²) >= 11 is 5.14. The summed E-state index contributed by atoms with van der Waals surface area (Å²) in [7, 11) is 0. The average molecular weight is 536 g/mol. The molecule has 1 fully saturated rings. The Morgan fingerprint density at radius 3 is 2.59 bits per heavy atom. The third kappa shape index (κ3) is 6.13. The van der Waals surface area contributed by atoms with E-state index in [1.807, 2.05) is 60.7 Å². The number of thioether (sulfide) groups is 1. The lowest BCUT2D eigenvalue weighted by atomic mass is 10.1. The van der Waals surface area contributed by atoms with Gasteiger partial charge in [-0.25, -0.2) is 0 Å². The SMILES string of the molecule is C=CCc1cc(/C=C2\S[C@@H](Nc3ccc(CC)cc3)NC2=O)cc(Br)c1OCc1ccccc1. The van der Waals surface area contributed by atoms with Gasteiger partial charge in [-0.15, -0.1) is 6.58 Å². The minimum Gasteiger partial charge on any atom is -0.487 e. The van der Waals surface area contributed by atoms with Crippen molar-refractivity contribution < 1.29 is 9.53 Å². The second-order valence-corrected chi connectivity index (χ2v) is 9.93. The van der Waals surface area contributed by atoms with Gasteiger partial charge < -0.3 is 15.4 Å². The van der Waals surface area contributed by atoms with E-state index in [1.165, 1.54) is 17.3 Å². The molecule has 0 bridgehead atoms. The molecule has 174 valence electrons. The molecule has 0 aromatic heterocycles. The molecular weight excluding hydrogens is 508 g/mol. The predicted molar refractivity (Wildman–Crippen MR) is 146 cm³/mol. The van der Waals surface area contributed by atoms with Crippen LogP contribution in [0.3, 0.4) is 0 Å². The molecule has 3 aromatic carbocycles. The van der Waals surface area contributed by atoms with Gasteiger partial charge in [0.05, 0.1) is 9.38 Å². The first-order valence-electron chi connectivity index (χ1n) is 11.2. The summed E-state index contributed by atoms with van der Waals surface area (Å²) in [5.74, 6) is 0.711. The number of hydrogen-bond donors (Lipinski definition) is 2. The highest BCUT2D eigenvalue weighted by atomic mass is 79.9. The van der Waals surface area contributed by atoms with Crippen molar-refractivity contribution >= 4 is 45.4 Å². The molecule has 0 aliphatic carbocycles. The van der Waals surface area contributed by atoms with E-state index in [2.05, 4.69) is 58.3 Å². The first-order valence-corrected chi connectivity index (χ1v) is 12.9. The number of amides is 1. The van der Waals surface area contributed by atoms with Gasteiger partial charge in [0, 0.05) is 5.69 Å². The van der Waals surface area contributed by atoms with E-state index in [9.17, 15) is 4.79 Å².